The maximum atomic E-state index is 5.26. The number of nitrogens with zero attached hydrogens (tertiary/aromatic N) is 1. The molecule has 0 atom stereocenters. The van der Waals surface area contributed by atoms with E-state index in [0.29, 0.717) is 12.0 Å². The number of rotatable bonds is 6. The first-order valence-electron chi connectivity index (χ1n) is 6.50. The molecule has 1 aromatic rings. The molecular formula is C15H24BrNO. The molecule has 0 saturated heterocycles. The molecule has 0 saturated carbocycles. The maximum Gasteiger partial charge on any atom is 0.133 e. The van der Waals surface area contributed by atoms with Crippen LogP contribution in [0.4, 0.5) is 0 Å². The van der Waals surface area contributed by atoms with Gasteiger partial charge in [0.2, 0.25) is 0 Å². The van der Waals surface area contributed by atoms with Crippen LogP contribution in [0, 0.1) is 5.92 Å². The molecule has 1 rings (SSSR count). The van der Waals surface area contributed by atoms with Gasteiger partial charge < -0.3 is 4.74 Å². The van der Waals surface area contributed by atoms with E-state index < -0.39 is 0 Å². The van der Waals surface area contributed by atoms with Crippen LogP contribution in [0.3, 0.4) is 0 Å². The Morgan fingerprint density at radius 3 is 2.33 bits per heavy atom. The summed E-state index contributed by atoms with van der Waals surface area (Å²) in [4.78, 5) is 2.50. The molecule has 0 aliphatic heterocycles. The number of ether oxygens (including phenoxy) is 1. The number of hydrogen-bond acceptors (Lipinski definition) is 2. The van der Waals surface area contributed by atoms with Crippen molar-refractivity contribution in [3.8, 4) is 5.75 Å². The topological polar surface area (TPSA) is 12.5 Å². The van der Waals surface area contributed by atoms with Gasteiger partial charge in [-0.15, -0.1) is 0 Å². The fourth-order valence-electron chi connectivity index (χ4n) is 1.97. The van der Waals surface area contributed by atoms with Crippen molar-refractivity contribution in [2.75, 3.05) is 13.7 Å². The highest BCUT2D eigenvalue weighted by Crippen LogP contribution is 2.26. The first-order chi connectivity index (χ1) is 8.43. The van der Waals surface area contributed by atoms with Gasteiger partial charge in [-0.1, -0.05) is 19.9 Å². The van der Waals surface area contributed by atoms with Crippen LogP contribution in [-0.4, -0.2) is 24.6 Å². The summed E-state index contributed by atoms with van der Waals surface area (Å²) < 4.78 is 6.28. The van der Waals surface area contributed by atoms with E-state index >= 15 is 0 Å². The van der Waals surface area contributed by atoms with Gasteiger partial charge in [0.05, 0.1) is 11.6 Å². The number of halogens is 1. The van der Waals surface area contributed by atoms with E-state index in [-0.39, 0.29) is 0 Å². The Hall–Kier alpha value is -0.540. The average molecular weight is 314 g/mol. The zero-order valence-corrected chi connectivity index (χ0v) is 13.6. The van der Waals surface area contributed by atoms with E-state index in [2.05, 4.69) is 60.7 Å². The van der Waals surface area contributed by atoms with Crippen molar-refractivity contribution in [1.82, 2.24) is 4.90 Å². The van der Waals surface area contributed by atoms with Crippen molar-refractivity contribution in [3.05, 3.63) is 28.2 Å². The van der Waals surface area contributed by atoms with Crippen LogP contribution in [0.25, 0.3) is 0 Å². The molecule has 1 aromatic carbocycles. The Balaban J connectivity index is 2.77. The van der Waals surface area contributed by atoms with Gasteiger partial charge in [-0.3, -0.25) is 4.90 Å². The van der Waals surface area contributed by atoms with Crippen molar-refractivity contribution in [3.63, 3.8) is 0 Å². The minimum absolute atomic E-state index is 0.563. The largest absolute Gasteiger partial charge is 0.496 e. The van der Waals surface area contributed by atoms with Crippen LogP contribution in [0.15, 0.2) is 22.7 Å². The Morgan fingerprint density at radius 2 is 1.89 bits per heavy atom. The predicted molar refractivity (Wildman–Crippen MR) is 81.1 cm³/mol. The normalized spacial score (nSPS) is 11.6. The van der Waals surface area contributed by atoms with Gasteiger partial charge in [-0.2, -0.15) is 0 Å². The third kappa shape index (κ3) is 4.62. The summed E-state index contributed by atoms with van der Waals surface area (Å²) >= 11 is 3.54. The van der Waals surface area contributed by atoms with Gasteiger partial charge in [-0.05, 0) is 53.4 Å². The first-order valence-corrected chi connectivity index (χ1v) is 7.29. The van der Waals surface area contributed by atoms with Gasteiger partial charge >= 0.3 is 0 Å². The zero-order valence-electron chi connectivity index (χ0n) is 12.0. The molecule has 2 nitrogen and oxygen atoms in total. The summed E-state index contributed by atoms with van der Waals surface area (Å²) in [5.74, 6) is 1.58. The quantitative estimate of drug-likeness (QED) is 0.775. The van der Waals surface area contributed by atoms with Crippen molar-refractivity contribution in [1.29, 1.82) is 0 Å². The van der Waals surface area contributed by atoms with Crippen molar-refractivity contribution >= 4 is 15.9 Å². The Kier molecular flexibility index (Phi) is 6.16. The third-order valence-corrected chi connectivity index (χ3v) is 3.55. The smallest absolute Gasteiger partial charge is 0.133 e. The summed E-state index contributed by atoms with van der Waals surface area (Å²) in [5, 5.41) is 0. The minimum atomic E-state index is 0.563. The molecule has 0 amide bonds. The highest BCUT2D eigenvalue weighted by molar-refractivity contribution is 9.10. The third-order valence-electron chi connectivity index (χ3n) is 2.93. The van der Waals surface area contributed by atoms with E-state index in [0.717, 1.165) is 23.3 Å². The van der Waals surface area contributed by atoms with E-state index in [9.17, 15) is 0 Å². The molecule has 0 aliphatic rings. The van der Waals surface area contributed by atoms with Gasteiger partial charge in [0.15, 0.2) is 0 Å². The molecule has 0 aromatic heterocycles. The average Bonchev–Trinajstić information content (AvgIpc) is 2.27. The van der Waals surface area contributed by atoms with Crippen LogP contribution in [0.1, 0.15) is 33.3 Å². The lowest BCUT2D eigenvalue weighted by molar-refractivity contribution is 0.189. The molecular weight excluding hydrogens is 290 g/mol. The van der Waals surface area contributed by atoms with Crippen molar-refractivity contribution in [2.45, 2.75) is 40.3 Å². The highest BCUT2D eigenvalue weighted by atomic mass is 79.9. The molecule has 0 N–H and O–H groups in total. The monoisotopic (exact) mass is 313 g/mol. The standard InChI is InChI=1S/C15H24BrNO/c1-11(2)9-17(12(3)4)10-13-6-7-15(18-5)14(16)8-13/h6-8,11-12H,9-10H2,1-5H3. The van der Waals surface area contributed by atoms with Gasteiger partial charge in [0.25, 0.3) is 0 Å². The van der Waals surface area contributed by atoms with E-state index in [1.807, 2.05) is 6.07 Å². The van der Waals surface area contributed by atoms with Crippen LogP contribution in [0.2, 0.25) is 0 Å². The summed E-state index contributed by atoms with van der Waals surface area (Å²) in [6.45, 7) is 11.1. The molecule has 0 heterocycles. The van der Waals surface area contributed by atoms with E-state index in [1.165, 1.54) is 5.56 Å². The van der Waals surface area contributed by atoms with Crippen molar-refractivity contribution < 1.29 is 4.74 Å². The summed E-state index contributed by atoms with van der Waals surface area (Å²) in [6, 6.07) is 6.87. The SMILES string of the molecule is COc1ccc(CN(CC(C)C)C(C)C)cc1Br. The second kappa shape index (κ2) is 7.15. The lowest BCUT2D eigenvalue weighted by atomic mass is 10.1. The van der Waals surface area contributed by atoms with Gasteiger partial charge in [0, 0.05) is 19.1 Å². The van der Waals surface area contributed by atoms with Gasteiger partial charge in [0.1, 0.15) is 5.75 Å². The van der Waals surface area contributed by atoms with E-state index in [1.54, 1.807) is 7.11 Å². The van der Waals surface area contributed by atoms with Crippen LogP contribution >= 0.6 is 15.9 Å². The second-order valence-electron chi connectivity index (χ2n) is 5.39. The lowest BCUT2D eigenvalue weighted by Gasteiger charge is -2.28. The second-order valence-corrected chi connectivity index (χ2v) is 6.24. The summed E-state index contributed by atoms with van der Waals surface area (Å²) in [7, 11) is 1.69. The molecule has 0 spiro atoms. The number of methoxy groups -OCH3 is 1. The molecule has 0 aliphatic carbocycles. The van der Waals surface area contributed by atoms with E-state index in [4.69, 9.17) is 4.74 Å². The molecule has 3 heteroatoms. The fourth-order valence-corrected chi connectivity index (χ4v) is 2.56. The minimum Gasteiger partial charge on any atom is -0.496 e. The predicted octanol–water partition coefficient (Wildman–Crippen LogP) is 4.32. The summed E-state index contributed by atoms with van der Waals surface area (Å²) in [6.07, 6.45) is 0. The molecule has 18 heavy (non-hydrogen) atoms. The first kappa shape index (κ1) is 15.5. The van der Waals surface area contributed by atoms with Crippen LogP contribution in [-0.2, 0) is 6.54 Å². The van der Waals surface area contributed by atoms with Crippen LogP contribution in [0.5, 0.6) is 5.75 Å². The fraction of sp³-hybridized carbons (Fsp3) is 0.600. The Bertz CT molecular complexity index is 377. The van der Waals surface area contributed by atoms with Gasteiger partial charge in [-0.25, -0.2) is 0 Å². The lowest BCUT2D eigenvalue weighted by Crippen LogP contribution is -2.33. The number of hydrogen-bond donors (Lipinski definition) is 0. The maximum absolute atomic E-state index is 5.26. The molecule has 102 valence electrons. The highest BCUT2D eigenvalue weighted by Gasteiger charge is 2.12. The molecule has 0 radical (unpaired) electrons. The van der Waals surface area contributed by atoms with Crippen LogP contribution < -0.4 is 4.74 Å². The molecule has 0 unspecified atom stereocenters. The molecule has 0 bridgehead atoms. The molecule has 0 fully saturated rings. The Labute approximate surface area is 119 Å². The Morgan fingerprint density at radius 1 is 1.22 bits per heavy atom. The van der Waals surface area contributed by atoms with Crippen molar-refractivity contribution in [2.24, 2.45) is 5.92 Å². The zero-order chi connectivity index (χ0) is 13.7. The number of benzene rings is 1. The summed E-state index contributed by atoms with van der Waals surface area (Å²) in [5.41, 5.74) is 1.32.